The molecule has 0 spiro atoms. The van der Waals surface area contributed by atoms with Crippen LogP contribution in [-0.4, -0.2) is 17.6 Å². The van der Waals surface area contributed by atoms with E-state index in [4.69, 9.17) is 4.74 Å². The van der Waals surface area contributed by atoms with Crippen molar-refractivity contribution in [3.63, 3.8) is 0 Å². The molecule has 1 heterocycles. The number of halogens is 4. The van der Waals surface area contributed by atoms with Crippen LogP contribution in [0.1, 0.15) is 30.2 Å². The molecule has 7 heteroatoms. The first kappa shape index (κ1) is 15.7. The number of aromatic nitrogens is 1. The van der Waals surface area contributed by atoms with Crippen LogP contribution in [0.4, 0.5) is 8.78 Å². The second-order valence-corrected chi connectivity index (χ2v) is 5.01. The van der Waals surface area contributed by atoms with Gasteiger partial charge in [-0.2, -0.15) is 0 Å². The van der Waals surface area contributed by atoms with Crippen LogP contribution in [0.15, 0.2) is 6.20 Å². The van der Waals surface area contributed by atoms with Gasteiger partial charge in [0.15, 0.2) is 0 Å². The molecular formula is C11H11BrF2INO2. The number of esters is 1. The maximum Gasteiger partial charge on any atom is 0.311 e. The van der Waals surface area contributed by atoms with Gasteiger partial charge in [-0.15, -0.1) is 0 Å². The van der Waals surface area contributed by atoms with Gasteiger partial charge >= 0.3 is 5.97 Å². The molecule has 0 aliphatic carbocycles. The first-order valence-electron chi connectivity index (χ1n) is 5.17. The predicted molar refractivity (Wildman–Crippen MR) is 74.9 cm³/mol. The Morgan fingerprint density at radius 2 is 2.28 bits per heavy atom. The van der Waals surface area contributed by atoms with Crippen molar-refractivity contribution in [2.45, 2.75) is 25.1 Å². The molecule has 1 rings (SSSR count). The summed E-state index contributed by atoms with van der Waals surface area (Å²) >= 11 is 5.06. The van der Waals surface area contributed by atoms with Gasteiger partial charge < -0.3 is 4.74 Å². The van der Waals surface area contributed by atoms with Gasteiger partial charge in [0.05, 0.1) is 24.3 Å². The maximum absolute atomic E-state index is 13.0. The summed E-state index contributed by atoms with van der Waals surface area (Å²) in [5.74, 6) is -0.547. The lowest BCUT2D eigenvalue weighted by Crippen LogP contribution is -2.13. The van der Waals surface area contributed by atoms with Crippen LogP contribution in [0.5, 0.6) is 0 Å². The molecule has 0 N–H and O–H groups in total. The highest BCUT2D eigenvalue weighted by atomic mass is 127. The first-order chi connectivity index (χ1) is 8.51. The summed E-state index contributed by atoms with van der Waals surface area (Å²) in [6, 6.07) is 0. The number of carbonyl (C=O) groups is 1. The summed E-state index contributed by atoms with van der Waals surface area (Å²) in [6.07, 6.45) is -1.39. The van der Waals surface area contributed by atoms with E-state index in [2.05, 4.69) is 20.9 Å². The van der Waals surface area contributed by atoms with E-state index in [1.807, 2.05) is 22.6 Å². The molecule has 100 valence electrons. The number of rotatable bonds is 5. The van der Waals surface area contributed by atoms with Crippen LogP contribution in [0, 0.1) is 3.57 Å². The molecule has 0 aromatic carbocycles. The number of ether oxygens (including phenoxy) is 1. The van der Waals surface area contributed by atoms with E-state index in [1.54, 1.807) is 6.92 Å². The van der Waals surface area contributed by atoms with Gasteiger partial charge in [0.1, 0.15) is 0 Å². The van der Waals surface area contributed by atoms with Crippen LogP contribution in [-0.2, 0) is 21.3 Å². The SMILES string of the molecule is CCOC(=O)Cc1ncc(CBr)c(I)c1C(F)F. The number of nitrogens with zero attached hydrogens (tertiary/aromatic N) is 1. The summed E-state index contributed by atoms with van der Waals surface area (Å²) in [4.78, 5) is 15.3. The smallest absolute Gasteiger partial charge is 0.311 e. The van der Waals surface area contributed by atoms with E-state index in [-0.39, 0.29) is 24.3 Å². The summed E-state index contributed by atoms with van der Waals surface area (Å²) in [6.45, 7) is 1.89. The van der Waals surface area contributed by atoms with Crippen molar-refractivity contribution in [2.24, 2.45) is 0 Å². The largest absolute Gasteiger partial charge is 0.466 e. The van der Waals surface area contributed by atoms with Crippen molar-refractivity contribution in [2.75, 3.05) is 6.61 Å². The van der Waals surface area contributed by atoms with E-state index in [1.165, 1.54) is 6.20 Å². The Kier molecular flexibility index (Phi) is 6.40. The van der Waals surface area contributed by atoms with Crippen molar-refractivity contribution < 1.29 is 18.3 Å². The van der Waals surface area contributed by atoms with Crippen LogP contribution in [0.2, 0.25) is 0 Å². The van der Waals surface area contributed by atoms with Crippen LogP contribution >= 0.6 is 38.5 Å². The Labute approximate surface area is 126 Å². The second kappa shape index (κ2) is 7.32. The fourth-order valence-corrected chi connectivity index (χ4v) is 3.21. The minimum absolute atomic E-state index is 0.0811. The van der Waals surface area contributed by atoms with Crippen molar-refractivity contribution >= 4 is 44.5 Å². The summed E-state index contributed by atoms with van der Waals surface area (Å²) in [5, 5.41) is 0.442. The zero-order chi connectivity index (χ0) is 13.7. The Bertz CT molecular complexity index is 443. The summed E-state index contributed by atoms with van der Waals surface area (Å²) in [5.41, 5.74) is 0.580. The molecule has 0 amide bonds. The molecule has 0 aliphatic heterocycles. The van der Waals surface area contributed by atoms with Gasteiger partial charge in [-0.1, -0.05) is 15.9 Å². The molecule has 0 fully saturated rings. The van der Waals surface area contributed by atoms with Crippen LogP contribution < -0.4 is 0 Å². The lowest BCUT2D eigenvalue weighted by atomic mass is 10.1. The first-order valence-corrected chi connectivity index (χ1v) is 7.37. The molecule has 3 nitrogen and oxygen atoms in total. The quantitative estimate of drug-likeness (QED) is 0.404. The van der Waals surface area contributed by atoms with Gasteiger partial charge in [0, 0.05) is 15.1 Å². The van der Waals surface area contributed by atoms with Crippen molar-refractivity contribution in [1.82, 2.24) is 4.98 Å². The number of alkyl halides is 3. The Hall–Kier alpha value is -0.310. The molecule has 0 unspecified atom stereocenters. The zero-order valence-corrected chi connectivity index (χ0v) is 13.3. The average molecular weight is 434 g/mol. The van der Waals surface area contributed by atoms with Gasteiger partial charge in [-0.3, -0.25) is 9.78 Å². The fourth-order valence-electron chi connectivity index (χ4n) is 1.39. The predicted octanol–water partition coefficient (Wildman–Crippen LogP) is 3.62. The molecule has 0 radical (unpaired) electrons. The Morgan fingerprint density at radius 3 is 2.78 bits per heavy atom. The molecule has 1 aromatic rings. The Balaban J connectivity index is 3.11. The molecule has 1 aromatic heterocycles. The Morgan fingerprint density at radius 1 is 1.61 bits per heavy atom. The molecule has 0 saturated heterocycles. The molecular weight excluding hydrogens is 423 g/mol. The molecule has 0 bridgehead atoms. The normalized spacial score (nSPS) is 10.8. The highest BCUT2D eigenvalue weighted by molar-refractivity contribution is 14.1. The van der Waals surface area contributed by atoms with Gasteiger partial charge in [-0.05, 0) is 35.1 Å². The lowest BCUT2D eigenvalue weighted by Gasteiger charge is -2.12. The maximum atomic E-state index is 13.0. The molecule has 0 aliphatic rings. The summed E-state index contributed by atoms with van der Waals surface area (Å²) < 4.78 is 31.2. The monoisotopic (exact) mass is 433 g/mol. The van der Waals surface area contributed by atoms with Crippen molar-refractivity contribution in [3.05, 3.63) is 26.6 Å². The third-order valence-electron chi connectivity index (χ3n) is 2.18. The molecule has 0 atom stereocenters. The average Bonchev–Trinajstić information content (AvgIpc) is 2.29. The topological polar surface area (TPSA) is 39.2 Å². The molecule has 18 heavy (non-hydrogen) atoms. The number of pyridine rings is 1. The minimum atomic E-state index is -2.66. The highest BCUT2D eigenvalue weighted by Gasteiger charge is 2.22. The number of hydrogen-bond acceptors (Lipinski definition) is 3. The minimum Gasteiger partial charge on any atom is -0.466 e. The van der Waals surface area contributed by atoms with E-state index in [0.717, 1.165) is 0 Å². The zero-order valence-electron chi connectivity index (χ0n) is 9.55. The van der Waals surface area contributed by atoms with E-state index in [9.17, 15) is 13.6 Å². The van der Waals surface area contributed by atoms with Gasteiger partial charge in [0.25, 0.3) is 6.43 Å². The van der Waals surface area contributed by atoms with E-state index < -0.39 is 12.4 Å². The second-order valence-electron chi connectivity index (χ2n) is 3.37. The standard InChI is InChI=1S/C11H11BrF2INO2/c1-2-18-8(17)3-7-9(11(13)14)10(15)6(4-12)5-16-7/h5,11H,2-4H2,1H3. The lowest BCUT2D eigenvalue weighted by molar-refractivity contribution is -0.142. The highest BCUT2D eigenvalue weighted by Crippen LogP contribution is 2.30. The van der Waals surface area contributed by atoms with E-state index in [0.29, 0.717) is 14.5 Å². The van der Waals surface area contributed by atoms with Gasteiger partial charge in [-0.25, -0.2) is 8.78 Å². The third kappa shape index (κ3) is 3.84. The van der Waals surface area contributed by atoms with Crippen molar-refractivity contribution in [3.8, 4) is 0 Å². The van der Waals surface area contributed by atoms with E-state index >= 15 is 0 Å². The fraction of sp³-hybridized carbons (Fsp3) is 0.455. The molecule has 0 saturated carbocycles. The van der Waals surface area contributed by atoms with Crippen LogP contribution in [0.25, 0.3) is 0 Å². The number of carbonyl (C=O) groups excluding carboxylic acids is 1. The van der Waals surface area contributed by atoms with Crippen molar-refractivity contribution in [1.29, 1.82) is 0 Å². The van der Waals surface area contributed by atoms with Crippen LogP contribution in [0.3, 0.4) is 0 Å². The third-order valence-corrected chi connectivity index (χ3v) is 4.06. The summed E-state index contributed by atoms with van der Waals surface area (Å²) in [7, 11) is 0. The number of hydrogen-bond donors (Lipinski definition) is 0. The van der Waals surface area contributed by atoms with Gasteiger partial charge in [0.2, 0.25) is 0 Å².